The van der Waals surface area contributed by atoms with Crippen LogP contribution in [0.5, 0.6) is 0 Å². The summed E-state index contributed by atoms with van der Waals surface area (Å²) in [6, 6.07) is 2.28. The fourth-order valence-corrected chi connectivity index (χ4v) is 4.84. The van der Waals surface area contributed by atoms with Gasteiger partial charge in [0.05, 0.1) is 17.0 Å². The number of sulfonamides is 1. The molecule has 0 spiro atoms. The fraction of sp³-hybridized carbons (Fsp3) is 0.692. The molecule has 5 nitrogen and oxygen atoms in total. The first-order chi connectivity index (χ1) is 9.54. The number of thiophene rings is 1. The molecule has 2 aliphatic rings. The van der Waals surface area contributed by atoms with Gasteiger partial charge in [-0.05, 0) is 32.3 Å². The van der Waals surface area contributed by atoms with Crippen molar-refractivity contribution in [2.75, 3.05) is 6.61 Å². The lowest BCUT2D eigenvalue weighted by Crippen LogP contribution is -2.38. The summed E-state index contributed by atoms with van der Waals surface area (Å²) >= 11 is 1.49. The maximum atomic E-state index is 12.3. The summed E-state index contributed by atoms with van der Waals surface area (Å²) in [5, 5.41) is 5.11. The van der Waals surface area contributed by atoms with Crippen LogP contribution in [0.1, 0.15) is 31.1 Å². The summed E-state index contributed by atoms with van der Waals surface area (Å²) < 4.78 is 32.8. The molecule has 1 aromatic rings. The summed E-state index contributed by atoms with van der Waals surface area (Å²) in [6.45, 7) is 3.28. The Kier molecular flexibility index (Phi) is 4.14. The van der Waals surface area contributed by atoms with Gasteiger partial charge in [-0.3, -0.25) is 0 Å². The van der Waals surface area contributed by atoms with E-state index in [1.54, 1.807) is 11.4 Å². The fourth-order valence-electron chi connectivity index (χ4n) is 2.28. The molecule has 1 saturated heterocycles. The third-order valence-corrected chi connectivity index (χ3v) is 6.32. The van der Waals surface area contributed by atoms with Gasteiger partial charge in [-0.1, -0.05) is 0 Å². The van der Waals surface area contributed by atoms with Crippen LogP contribution < -0.4 is 10.0 Å². The summed E-state index contributed by atoms with van der Waals surface area (Å²) in [6.07, 6.45) is 3.15. The maximum absolute atomic E-state index is 12.3. The predicted octanol–water partition coefficient (Wildman–Crippen LogP) is 1.46. The molecule has 1 aliphatic heterocycles. The Morgan fingerprint density at radius 1 is 1.40 bits per heavy atom. The highest BCUT2D eigenvalue weighted by atomic mass is 32.2. The molecule has 3 rings (SSSR count). The molecule has 1 aliphatic carbocycles. The van der Waals surface area contributed by atoms with Crippen LogP contribution in [0.4, 0.5) is 0 Å². The zero-order chi connectivity index (χ0) is 14.2. The first-order valence-electron chi connectivity index (χ1n) is 6.99. The van der Waals surface area contributed by atoms with Gasteiger partial charge < -0.3 is 10.1 Å². The van der Waals surface area contributed by atoms with E-state index in [0.29, 0.717) is 17.5 Å². The average molecular weight is 316 g/mol. The molecule has 2 atom stereocenters. The number of hydrogen-bond donors (Lipinski definition) is 2. The van der Waals surface area contributed by atoms with Crippen molar-refractivity contribution in [3.8, 4) is 0 Å². The van der Waals surface area contributed by atoms with Crippen LogP contribution >= 0.6 is 11.3 Å². The van der Waals surface area contributed by atoms with E-state index >= 15 is 0 Å². The van der Waals surface area contributed by atoms with E-state index in [2.05, 4.69) is 10.0 Å². The van der Waals surface area contributed by atoms with Crippen LogP contribution in [-0.2, 0) is 21.3 Å². The van der Waals surface area contributed by atoms with Gasteiger partial charge in [0.1, 0.15) is 0 Å². The van der Waals surface area contributed by atoms with Crippen molar-refractivity contribution in [3.05, 3.63) is 16.3 Å². The van der Waals surface area contributed by atoms with Gasteiger partial charge >= 0.3 is 0 Å². The minimum Gasteiger partial charge on any atom is -0.377 e. The molecule has 1 aromatic heterocycles. The number of nitrogens with one attached hydrogen (secondary N) is 2. The Labute approximate surface area is 123 Å². The normalized spacial score (nSPS) is 27.1. The smallest absolute Gasteiger partial charge is 0.241 e. The zero-order valence-electron chi connectivity index (χ0n) is 11.5. The molecule has 0 amide bonds. The van der Waals surface area contributed by atoms with Crippen LogP contribution in [0.15, 0.2) is 16.3 Å². The molecule has 2 N–H and O–H groups in total. The lowest BCUT2D eigenvalue weighted by atomic mass is 10.2. The van der Waals surface area contributed by atoms with Crippen LogP contribution in [0.2, 0.25) is 0 Å². The minimum absolute atomic E-state index is 0.0561. The van der Waals surface area contributed by atoms with Crippen molar-refractivity contribution in [2.24, 2.45) is 0 Å². The second-order valence-corrected chi connectivity index (χ2v) is 8.21. The molecule has 2 unspecified atom stereocenters. The van der Waals surface area contributed by atoms with Crippen LogP contribution in [-0.4, -0.2) is 33.2 Å². The number of rotatable bonds is 6. The van der Waals surface area contributed by atoms with Crippen LogP contribution in [0, 0.1) is 0 Å². The average Bonchev–Trinajstić information content (AvgIpc) is 2.95. The van der Waals surface area contributed by atoms with Crippen molar-refractivity contribution in [2.45, 2.75) is 55.8 Å². The van der Waals surface area contributed by atoms with Gasteiger partial charge in [-0.2, -0.15) is 0 Å². The monoisotopic (exact) mass is 316 g/mol. The third kappa shape index (κ3) is 3.40. The molecule has 2 fully saturated rings. The van der Waals surface area contributed by atoms with E-state index in [4.69, 9.17) is 4.74 Å². The topological polar surface area (TPSA) is 67.4 Å². The highest BCUT2D eigenvalue weighted by Crippen LogP contribution is 2.24. The van der Waals surface area contributed by atoms with Crippen LogP contribution in [0.3, 0.4) is 0 Å². The lowest BCUT2D eigenvalue weighted by Gasteiger charge is -2.15. The van der Waals surface area contributed by atoms with E-state index in [1.807, 2.05) is 6.92 Å². The molecule has 0 bridgehead atoms. The van der Waals surface area contributed by atoms with E-state index in [9.17, 15) is 8.42 Å². The highest BCUT2D eigenvalue weighted by molar-refractivity contribution is 7.89. The number of hydrogen-bond acceptors (Lipinski definition) is 5. The van der Waals surface area contributed by atoms with E-state index in [0.717, 1.165) is 17.8 Å². The Hall–Kier alpha value is -0.470. The predicted molar refractivity (Wildman–Crippen MR) is 78.3 cm³/mol. The molecule has 20 heavy (non-hydrogen) atoms. The Morgan fingerprint density at radius 2 is 2.20 bits per heavy atom. The second kappa shape index (κ2) is 5.73. The maximum Gasteiger partial charge on any atom is 0.241 e. The van der Waals surface area contributed by atoms with Crippen LogP contribution in [0.25, 0.3) is 0 Å². The molecular weight excluding hydrogens is 296 g/mol. The van der Waals surface area contributed by atoms with Gasteiger partial charge in [0.15, 0.2) is 0 Å². The Morgan fingerprint density at radius 3 is 2.85 bits per heavy atom. The van der Waals surface area contributed by atoms with E-state index < -0.39 is 10.0 Å². The second-order valence-electron chi connectivity index (χ2n) is 5.50. The highest BCUT2D eigenvalue weighted by Gasteiger charge is 2.29. The first-order valence-corrected chi connectivity index (χ1v) is 9.35. The van der Waals surface area contributed by atoms with Crippen molar-refractivity contribution >= 4 is 21.4 Å². The van der Waals surface area contributed by atoms with Gasteiger partial charge in [0.25, 0.3) is 0 Å². The summed E-state index contributed by atoms with van der Waals surface area (Å²) in [4.78, 5) is 1.43. The number of ether oxygens (including phenoxy) is 1. The van der Waals surface area contributed by atoms with Gasteiger partial charge in [0, 0.05) is 29.5 Å². The zero-order valence-corrected chi connectivity index (χ0v) is 13.1. The Balaban J connectivity index is 1.63. The van der Waals surface area contributed by atoms with Gasteiger partial charge in [-0.25, -0.2) is 13.1 Å². The third-order valence-electron chi connectivity index (χ3n) is 3.77. The van der Waals surface area contributed by atoms with Gasteiger partial charge in [-0.15, -0.1) is 11.3 Å². The standard InChI is InChI=1S/C13H20N2O3S2/c1-9-13(4-5-18-9)15-20(16,17)12-6-11(19-8-12)7-14-10-2-3-10/h6,8-10,13-15H,2-5,7H2,1H3. The van der Waals surface area contributed by atoms with E-state index in [1.165, 1.54) is 24.2 Å². The van der Waals surface area contributed by atoms with Crippen molar-refractivity contribution < 1.29 is 13.2 Å². The lowest BCUT2D eigenvalue weighted by molar-refractivity contribution is 0.117. The van der Waals surface area contributed by atoms with Gasteiger partial charge in [0.2, 0.25) is 10.0 Å². The van der Waals surface area contributed by atoms with Crippen molar-refractivity contribution in [1.82, 2.24) is 10.0 Å². The van der Waals surface area contributed by atoms with Crippen molar-refractivity contribution in [3.63, 3.8) is 0 Å². The first kappa shape index (κ1) is 14.5. The quantitative estimate of drug-likeness (QED) is 0.834. The molecular formula is C13H20N2O3S2. The van der Waals surface area contributed by atoms with E-state index in [-0.39, 0.29) is 12.1 Å². The molecule has 112 valence electrons. The Bertz CT molecular complexity index is 566. The van der Waals surface area contributed by atoms with Crippen molar-refractivity contribution in [1.29, 1.82) is 0 Å². The molecule has 0 radical (unpaired) electrons. The molecule has 1 saturated carbocycles. The molecule has 0 aromatic carbocycles. The largest absolute Gasteiger partial charge is 0.377 e. The summed E-state index contributed by atoms with van der Waals surface area (Å²) in [5.41, 5.74) is 0. The molecule has 7 heteroatoms. The SMILES string of the molecule is CC1OCCC1NS(=O)(=O)c1csc(CNC2CC2)c1. The minimum atomic E-state index is -3.43. The molecule has 2 heterocycles. The summed E-state index contributed by atoms with van der Waals surface area (Å²) in [7, 11) is -3.43. The summed E-state index contributed by atoms with van der Waals surface area (Å²) in [5.74, 6) is 0.